The van der Waals surface area contributed by atoms with Crippen LogP contribution in [-0.4, -0.2) is 88.8 Å². The van der Waals surface area contributed by atoms with Crippen LogP contribution < -0.4 is 0 Å². The van der Waals surface area contributed by atoms with Crippen LogP contribution in [0.5, 0.6) is 0 Å². The SMILES string of the molecule is c1ccc(CO[C@H]2[C@H](OCc3ccccc3)[C@@H](OCc3ccccc3)[C@@H](OCCOC3CCCCO3)[C@@H](OCCOC3CCCCO3)[C@@H]2OCc2ccccc2)cc1. The first-order valence-electron chi connectivity index (χ1n) is 21.1. The summed E-state index contributed by atoms with van der Waals surface area (Å²) in [5, 5.41) is 0. The quantitative estimate of drug-likeness (QED) is 0.0726. The average Bonchev–Trinajstić information content (AvgIpc) is 3.29. The lowest BCUT2D eigenvalue weighted by Crippen LogP contribution is -2.67. The molecule has 3 aliphatic rings. The predicted molar refractivity (Wildman–Crippen MR) is 219 cm³/mol. The van der Waals surface area contributed by atoms with Crippen molar-refractivity contribution in [2.75, 3.05) is 39.6 Å². The molecule has 10 heteroatoms. The zero-order valence-electron chi connectivity index (χ0n) is 33.6. The summed E-state index contributed by atoms with van der Waals surface area (Å²) in [7, 11) is 0. The van der Waals surface area contributed by atoms with Crippen LogP contribution in [0.4, 0.5) is 0 Å². The lowest BCUT2D eigenvalue weighted by atomic mass is 9.83. The highest BCUT2D eigenvalue weighted by Gasteiger charge is 2.55. The maximum absolute atomic E-state index is 6.98. The highest BCUT2D eigenvalue weighted by Crippen LogP contribution is 2.36. The van der Waals surface area contributed by atoms with E-state index in [2.05, 4.69) is 48.5 Å². The van der Waals surface area contributed by atoms with E-state index in [1.165, 1.54) is 0 Å². The van der Waals surface area contributed by atoms with Gasteiger partial charge >= 0.3 is 0 Å². The van der Waals surface area contributed by atoms with Crippen molar-refractivity contribution in [3.8, 4) is 0 Å². The molecule has 2 heterocycles. The van der Waals surface area contributed by atoms with Crippen molar-refractivity contribution in [1.82, 2.24) is 0 Å². The molecule has 0 radical (unpaired) electrons. The van der Waals surface area contributed by atoms with Crippen LogP contribution in [0.3, 0.4) is 0 Å². The van der Waals surface area contributed by atoms with Gasteiger partial charge < -0.3 is 47.4 Å². The van der Waals surface area contributed by atoms with Crippen molar-refractivity contribution in [2.45, 2.75) is 114 Å². The second-order valence-corrected chi connectivity index (χ2v) is 15.0. The molecule has 0 aromatic heterocycles. The van der Waals surface area contributed by atoms with E-state index >= 15 is 0 Å². The Labute approximate surface area is 343 Å². The van der Waals surface area contributed by atoms with Crippen molar-refractivity contribution in [2.24, 2.45) is 0 Å². The Morgan fingerprint density at radius 1 is 0.328 bits per heavy atom. The second kappa shape index (κ2) is 23.9. The van der Waals surface area contributed by atoms with E-state index in [-0.39, 0.29) is 25.8 Å². The predicted octanol–water partition coefficient (Wildman–Crippen LogP) is 8.20. The summed E-state index contributed by atoms with van der Waals surface area (Å²) in [4.78, 5) is 0. The van der Waals surface area contributed by atoms with Gasteiger partial charge in [-0.05, 0) is 60.8 Å². The van der Waals surface area contributed by atoms with Crippen LogP contribution in [-0.2, 0) is 73.8 Å². The number of hydrogen-bond acceptors (Lipinski definition) is 10. The van der Waals surface area contributed by atoms with Gasteiger partial charge in [0.15, 0.2) is 12.6 Å². The molecule has 4 aromatic rings. The van der Waals surface area contributed by atoms with E-state index in [9.17, 15) is 0 Å². The summed E-state index contributed by atoms with van der Waals surface area (Å²) in [6, 6.07) is 40.6. The molecule has 2 aliphatic heterocycles. The average molecular weight is 797 g/mol. The lowest BCUT2D eigenvalue weighted by Gasteiger charge is -2.49. The van der Waals surface area contributed by atoms with E-state index in [0.29, 0.717) is 52.9 Å². The Bertz CT molecular complexity index is 1530. The van der Waals surface area contributed by atoms with Crippen molar-refractivity contribution in [3.63, 3.8) is 0 Å². The lowest BCUT2D eigenvalue weighted by molar-refractivity contribution is -0.293. The first kappa shape index (κ1) is 42.6. The van der Waals surface area contributed by atoms with Crippen LogP contribution in [0.1, 0.15) is 60.8 Å². The maximum Gasteiger partial charge on any atom is 0.157 e. The standard InChI is InChI=1S/C48H60O10/c1-5-17-37(18-6-1)33-55-45-43(53-31-29-51-41-25-13-15-27-49-41)44(54-32-30-52-42-26-14-16-28-50-42)46(56-34-38-19-7-2-8-20-38)48(58-36-40-23-11-4-12-24-40)47(45)57-35-39-21-9-3-10-22-39/h1-12,17-24,41-48H,13-16,25-36H2/t41?,42?,43-,44+,45-,46-,47+,48+/m0/s1. The molecule has 0 amide bonds. The number of ether oxygens (including phenoxy) is 10. The summed E-state index contributed by atoms with van der Waals surface area (Å²) >= 11 is 0. The second-order valence-electron chi connectivity index (χ2n) is 15.0. The van der Waals surface area contributed by atoms with Crippen LogP contribution in [0, 0.1) is 0 Å². The highest BCUT2D eigenvalue weighted by atomic mass is 16.7. The number of rotatable bonds is 22. The third kappa shape index (κ3) is 13.2. The zero-order chi connectivity index (χ0) is 39.5. The third-order valence-corrected chi connectivity index (χ3v) is 10.8. The molecular weight excluding hydrogens is 737 g/mol. The van der Waals surface area contributed by atoms with E-state index in [4.69, 9.17) is 47.4 Å². The number of hydrogen-bond donors (Lipinski definition) is 0. The Kier molecular flexibility index (Phi) is 17.6. The Hall–Kier alpha value is -3.52. The molecule has 4 aromatic carbocycles. The minimum Gasteiger partial charge on any atom is -0.370 e. The van der Waals surface area contributed by atoms with E-state index in [1.807, 2.05) is 72.8 Å². The van der Waals surface area contributed by atoms with Crippen LogP contribution >= 0.6 is 0 Å². The summed E-state index contributed by atoms with van der Waals surface area (Å²) in [6.07, 6.45) is 1.78. The summed E-state index contributed by atoms with van der Waals surface area (Å²) in [6.45, 7) is 4.02. The molecule has 312 valence electrons. The third-order valence-electron chi connectivity index (χ3n) is 10.8. The van der Waals surface area contributed by atoms with Crippen LogP contribution in [0.25, 0.3) is 0 Å². The summed E-state index contributed by atoms with van der Waals surface area (Å²) < 4.78 is 65.8. The molecule has 0 N–H and O–H groups in total. The van der Waals surface area contributed by atoms with Crippen LogP contribution in [0.15, 0.2) is 121 Å². The van der Waals surface area contributed by atoms with E-state index < -0.39 is 36.6 Å². The largest absolute Gasteiger partial charge is 0.370 e. The van der Waals surface area contributed by atoms with E-state index in [0.717, 1.165) is 60.8 Å². The topological polar surface area (TPSA) is 92.3 Å². The summed E-state index contributed by atoms with van der Waals surface area (Å²) in [5.41, 5.74) is 4.13. The minimum absolute atomic E-state index is 0.236. The van der Waals surface area contributed by atoms with Gasteiger partial charge in [-0.25, -0.2) is 0 Å². The van der Waals surface area contributed by atoms with Crippen molar-refractivity contribution in [3.05, 3.63) is 144 Å². The number of benzene rings is 4. The first-order chi connectivity index (χ1) is 28.8. The molecule has 2 unspecified atom stereocenters. The summed E-state index contributed by atoms with van der Waals surface area (Å²) in [5.74, 6) is 0. The normalized spacial score (nSPS) is 26.3. The van der Waals surface area contributed by atoms with Gasteiger partial charge in [0.2, 0.25) is 0 Å². The van der Waals surface area contributed by atoms with Gasteiger partial charge in [0, 0.05) is 13.2 Å². The van der Waals surface area contributed by atoms with Gasteiger partial charge in [-0.3, -0.25) is 0 Å². The van der Waals surface area contributed by atoms with Crippen molar-refractivity contribution >= 4 is 0 Å². The van der Waals surface area contributed by atoms with Gasteiger partial charge in [0.1, 0.15) is 36.6 Å². The molecule has 10 nitrogen and oxygen atoms in total. The fraction of sp³-hybridized carbons (Fsp3) is 0.500. The Morgan fingerprint density at radius 2 is 0.603 bits per heavy atom. The van der Waals surface area contributed by atoms with Gasteiger partial charge in [-0.1, -0.05) is 121 Å². The Morgan fingerprint density at radius 3 is 0.879 bits per heavy atom. The monoisotopic (exact) mass is 796 g/mol. The molecule has 1 aliphatic carbocycles. The zero-order valence-corrected chi connectivity index (χ0v) is 33.6. The molecular formula is C48H60O10. The van der Waals surface area contributed by atoms with Gasteiger partial charge in [0.05, 0.1) is 52.9 Å². The molecule has 0 bridgehead atoms. The molecule has 8 atom stereocenters. The van der Waals surface area contributed by atoms with Crippen molar-refractivity contribution in [1.29, 1.82) is 0 Å². The molecule has 0 spiro atoms. The van der Waals surface area contributed by atoms with Gasteiger partial charge in [-0.15, -0.1) is 0 Å². The molecule has 58 heavy (non-hydrogen) atoms. The minimum atomic E-state index is -0.636. The first-order valence-corrected chi connectivity index (χ1v) is 21.1. The smallest absolute Gasteiger partial charge is 0.157 e. The fourth-order valence-corrected chi connectivity index (χ4v) is 7.74. The maximum atomic E-state index is 6.98. The fourth-order valence-electron chi connectivity index (χ4n) is 7.74. The van der Waals surface area contributed by atoms with Crippen LogP contribution in [0.2, 0.25) is 0 Å². The Balaban J connectivity index is 1.21. The van der Waals surface area contributed by atoms with Gasteiger partial charge in [-0.2, -0.15) is 0 Å². The molecule has 7 rings (SSSR count). The van der Waals surface area contributed by atoms with Gasteiger partial charge in [0.25, 0.3) is 0 Å². The van der Waals surface area contributed by atoms with E-state index in [1.54, 1.807) is 0 Å². The molecule has 1 saturated carbocycles. The molecule has 2 saturated heterocycles. The highest BCUT2D eigenvalue weighted by molar-refractivity contribution is 5.17. The van der Waals surface area contributed by atoms with Crippen molar-refractivity contribution < 1.29 is 47.4 Å². The molecule has 3 fully saturated rings.